The molecule has 5 heteroatoms. The first-order valence-electron chi connectivity index (χ1n) is 4.73. The van der Waals surface area contributed by atoms with Crippen molar-refractivity contribution in [1.82, 2.24) is 9.78 Å². The maximum atomic E-state index is 8.45. The van der Waals surface area contributed by atoms with Crippen molar-refractivity contribution in [2.24, 2.45) is 10.9 Å². The highest BCUT2D eigenvalue weighted by Gasteiger charge is 2.06. The van der Waals surface area contributed by atoms with E-state index >= 15 is 0 Å². The molecule has 0 saturated carbocycles. The molecule has 1 heterocycles. The van der Waals surface area contributed by atoms with Crippen LogP contribution in [0.5, 0.6) is 0 Å². The van der Waals surface area contributed by atoms with Gasteiger partial charge in [-0.2, -0.15) is 5.10 Å². The van der Waals surface area contributed by atoms with Crippen LogP contribution in [0, 0.1) is 0 Å². The van der Waals surface area contributed by atoms with Gasteiger partial charge < -0.3 is 10.9 Å². The van der Waals surface area contributed by atoms with Gasteiger partial charge in [-0.25, -0.2) is 0 Å². The largest absolute Gasteiger partial charge is 0.409 e. The number of rotatable bonds is 4. The Hall–Kier alpha value is -1.52. The van der Waals surface area contributed by atoms with Gasteiger partial charge in [-0.1, -0.05) is 19.0 Å². The molecule has 0 saturated heterocycles. The number of hydrogen-bond acceptors (Lipinski definition) is 3. The molecule has 5 nitrogen and oxygen atoms in total. The number of nitrogens with zero attached hydrogens (tertiary/aromatic N) is 3. The van der Waals surface area contributed by atoms with Gasteiger partial charge >= 0.3 is 0 Å². The Morgan fingerprint density at radius 1 is 1.57 bits per heavy atom. The topological polar surface area (TPSA) is 76.4 Å². The molecule has 0 amide bonds. The maximum absolute atomic E-state index is 8.45. The van der Waals surface area contributed by atoms with E-state index in [1.807, 2.05) is 6.07 Å². The number of aromatic nitrogens is 2. The third kappa shape index (κ3) is 2.25. The van der Waals surface area contributed by atoms with E-state index in [-0.39, 0.29) is 5.84 Å². The Bertz CT molecular complexity index is 330. The summed E-state index contributed by atoms with van der Waals surface area (Å²) < 4.78 is 1.77. The highest BCUT2D eigenvalue weighted by atomic mass is 16.4. The van der Waals surface area contributed by atoms with Crippen LogP contribution in [0.15, 0.2) is 11.2 Å². The third-order valence-electron chi connectivity index (χ3n) is 2.08. The quantitative estimate of drug-likeness (QED) is 0.323. The maximum Gasteiger partial charge on any atom is 0.160 e. The minimum Gasteiger partial charge on any atom is -0.409 e. The summed E-state index contributed by atoms with van der Waals surface area (Å²) in [6, 6.07) is 2.05. The zero-order chi connectivity index (χ0) is 10.6. The fourth-order valence-corrected chi connectivity index (χ4v) is 1.29. The Morgan fingerprint density at radius 3 is 2.79 bits per heavy atom. The lowest BCUT2D eigenvalue weighted by molar-refractivity contribution is 0.316. The molecular formula is C9H16N4O. The van der Waals surface area contributed by atoms with Gasteiger partial charge in [0.05, 0.1) is 5.69 Å². The van der Waals surface area contributed by atoms with Gasteiger partial charge in [-0.15, -0.1) is 0 Å². The Kier molecular flexibility index (Phi) is 3.50. The zero-order valence-corrected chi connectivity index (χ0v) is 8.56. The summed E-state index contributed by atoms with van der Waals surface area (Å²) in [6.45, 7) is 4.45. The van der Waals surface area contributed by atoms with E-state index in [2.05, 4.69) is 24.1 Å². The smallest absolute Gasteiger partial charge is 0.160 e. The second kappa shape index (κ2) is 4.64. The molecule has 0 bridgehead atoms. The summed E-state index contributed by atoms with van der Waals surface area (Å²) in [4.78, 5) is 0. The molecule has 0 aliphatic heterocycles. The van der Waals surface area contributed by atoms with Gasteiger partial charge in [0.1, 0.15) is 6.54 Å². The number of oxime groups is 1. The van der Waals surface area contributed by atoms with Crippen molar-refractivity contribution in [2.45, 2.75) is 33.2 Å². The normalized spacial score (nSPS) is 12.0. The predicted octanol–water partition coefficient (Wildman–Crippen LogP) is 0.754. The molecule has 0 atom stereocenters. The van der Waals surface area contributed by atoms with Crippen molar-refractivity contribution in [3.8, 4) is 0 Å². The van der Waals surface area contributed by atoms with Crippen LogP contribution in [-0.2, 0) is 19.4 Å². The van der Waals surface area contributed by atoms with Crippen molar-refractivity contribution >= 4 is 5.84 Å². The lowest BCUT2D eigenvalue weighted by Crippen LogP contribution is -2.21. The summed E-state index contributed by atoms with van der Waals surface area (Å²) >= 11 is 0. The molecule has 0 unspecified atom stereocenters. The van der Waals surface area contributed by atoms with Gasteiger partial charge in [0.15, 0.2) is 5.84 Å². The van der Waals surface area contributed by atoms with Crippen LogP contribution in [0.2, 0.25) is 0 Å². The van der Waals surface area contributed by atoms with E-state index in [1.165, 1.54) is 0 Å². The molecule has 0 spiro atoms. The molecule has 1 aromatic rings. The molecule has 0 aliphatic rings. The van der Waals surface area contributed by atoms with Crippen LogP contribution in [0.25, 0.3) is 0 Å². The molecule has 78 valence electrons. The molecule has 0 aliphatic carbocycles. The Morgan fingerprint density at radius 2 is 2.29 bits per heavy atom. The van der Waals surface area contributed by atoms with Gasteiger partial charge in [-0.3, -0.25) is 4.68 Å². The van der Waals surface area contributed by atoms with Gasteiger partial charge in [-0.05, 0) is 18.9 Å². The van der Waals surface area contributed by atoms with E-state index in [0.29, 0.717) is 6.54 Å². The van der Waals surface area contributed by atoms with E-state index < -0.39 is 0 Å². The van der Waals surface area contributed by atoms with Crippen LogP contribution in [0.1, 0.15) is 25.2 Å². The summed E-state index contributed by atoms with van der Waals surface area (Å²) in [6.07, 6.45) is 1.79. The standard InChI is InChI=1S/C9H16N4O/c1-3-7-5-8(4-2)13(11-7)6-9(10)12-14/h5,14H,3-4,6H2,1-2H3,(H2,10,12). The van der Waals surface area contributed by atoms with E-state index in [9.17, 15) is 0 Å². The van der Waals surface area contributed by atoms with Crippen molar-refractivity contribution in [1.29, 1.82) is 0 Å². The minimum absolute atomic E-state index is 0.172. The lowest BCUT2D eigenvalue weighted by atomic mass is 10.2. The lowest BCUT2D eigenvalue weighted by Gasteiger charge is -2.03. The first kappa shape index (κ1) is 10.6. The fourth-order valence-electron chi connectivity index (χ4n) is 1.29. The summed E-state index contributed by atoms with van der Waals surface area (Å²) in [5.74, 6) is 0.172. The zero-order valence-electron chi connectivity index (χ0n) is 8.56. The molecule has 1 rings (SSSR count). The van der Waals surface area contributed by atoms with Crippen LogP contribution in [0.3, 0.4) is 0 Å². The number of amidine groups is 1. The van der Waals surface area contributed by atoms with Crippen LogP contribution < -0.4 is 5.73 Å². The summed E-state index contributed by atoms with van der Waals surface area (Å²) in [5, 5.41) is 15.7. The van der Waals surface area contributed by atoms with Crippen molar-refractivity contribution in [2.75, 3.05) is 0 Å². The van der Waals surface area contributed by atoms with Crippen molar-refractivity contribution < 1.29 is 5.21 Å². The van der Waals surface area contributed by atoms with E-state index in [4.69, 9.17) is 10.9 Å². The molecule has 14 heavy (non-hydrogen) atoms. The fraction of sp³-hybridized carbons (Fsp3) is 0.556. The molecular weight excluding hydrogens is 180 g/mol. The highest BCUT2D eigenvalue weighted by Crippen LogP contribution is 2.05. The first-order chi connectivity index (χ1) is 6.71. The van der Waals surface area contributed by atoms with Gasteiger partial charge in [0, 0.05) is 5.69 Å². The van der Waals surface area contributed by atoms with E-state index in [1.54, 1.807) is 4.68 Å². The molecule has 3 N–H and O–H groups in total. The minimum atomic E-state index is 0.172. The second-order valence-electron chi connectivity index (χ2n) is 3.08. The van der Waals surface area contributed by atoms with Crippen LogP contribution in [0.4, 0.5) is 0 Å². The highest BCUT2D eigenvalue weighted by molar-refractivity contribution is 5.79. The summed E-state index contributed by atoms with van der Waals surface area (Å²) in [5.41, 5.74) is 7.56. The monoisotopic (exact) mass is 196 g/mol. The van der Waals surface area contributed by atoms with Crippen LogP contribution in [-0.4, -0.2) is 20.8 Å². The van der Waals surface area contributed by atoms with E-state index in [0.717, 1.165) is 24.2 Å². The first-order valence-corrected chi connectivity index (χ1v) is 4.73. The number of hydrogen-bond donors (Lipinski definition) is 2. The van der Waals surface area contributed by atoms with Gasteiger partial charge in [0.2, 0.25) is 0 Å². The Balaban J connectivity index is 2.89. The molecule has 0 aromatic carbocycles. The number of nitrogens with two attached hydrogens (primary N) is 1. The van der Waals surface area contributed by atoms with Crippen molar-refractivity contribution in [3.05, 3.63) is 17.5 Å². The molecule has 0 radical (unpaired) electrons. The third-order valence-corrected chi connectivity index (χ3v) is 2.08. The molecule has 0 fully saturated rings. The predicted molar refractivity (Wildman–Crippen MR) is 54.4 cm³/mol. The van der Waals surface area contributed by atoms with Crippen LogP contribution >= 0.6 is 0 Å². The number of aryl methyl sites for hydroxylation is 2. The molecule has 1 aromatic heterocycles. The SMILES string of the molecule is CCc1cc(CC)n(C/C(N)=N/O)n1. The average Bonchev–Trinajstić information content (AvgIpc) is 2.60. The summed E-state index contributed by atoms with van der Waals surface area (Å²) in [7, 11) is 0. The Labute approximate surface area is 83.2 Å². The van der Waals surface area contributed by atoms with Crippen molar-refractivity contribution in [3.63, 3.8) is 0 Å². The second-order valence-corrected chi connectivity index (χ2v) is 3.08. The average molecular weight is 196 g/mol. The van der Waals surface area contributed by atoms with Gasteiger partial charge in [0.25, 0.3) is 0 Å².